The van der Waals surface area contributed by atoms with E-state index in [1.54, 1.807) is 0 Å². The van der Waals surface area contributed by atoms with Crippen molar-refractivity contribution in [3.05, 3.63) is 24.3 Å². The lowest BCUT2D eigenvalue weighted by molar-refractivity contribution is 0.0981. The Balaban J connectivity index is 1.58. The van der Waals surface area contributed by atoms with Gasteiger partial charge in [0.1, 0.15) is 5.75 Å². The van der Waals surface area contributed by atoms with Crippen LogP contribution in [-0.4, -0.2) is 68.8 Å². The second-order valence-electron chi connectivity index (χ2n) is 6.46. The van der Waals surface area contributed by atoms with Gasteiger partial charge in [-0.25, -0.2) is 0 Å². The van der Waals surface area contributed by atoms with Gasteiger partial charge in [0, 0.05) is 45.3 Å². The van der Waals surface area contributed by atoms with Crippen LogP contribution in [0.3, 0.4) is 0 Å². The Labute approximate surface area is 134 Å². The van der Waals surface area contributed by atoms with E-state index in [4.69, 9.17) is 4.74 Å². The molecule has 3 rings (SSSR count). The maximum absolute atomic E-state index is 5.79. The first-order chi connectivity index (χ1) is 10.8. The van der Waals surface area contributed by atoms with Crippen molar-refractivity contribution in [2.75, 3.05) is 57.8 Å². The molecule has 0 aliphatic carbocycles. The third kappa shape index (κ3) is 3.55. The van der Waals surface area contributed by atoms with Crippen LogP contribution in [0.15, 0.2) is 24.3 Å². The van der Waals surface area contributed by atoms with Gasteiger partial charge in [-0.3, -0.25) is 4.90 Å². The summed E-state index contributed by atoms with van der Waals surface area (Å²) < 4.78 is 5.79. The zero-order valence-corrected chi connectivity index (χ0v) is 14.0. The fourth-order valence-corrected chi connectivity index (χ4v) is 3.65. The highest BCUT2D eigenvalue weighted by Crippen LogP contribution is 2.31. The van der Waals surface area contributed by atoms with E-state index in [0.717, 1.165) is 31.5 Å². The van der Waals surface area contributed by atoms with Crippen LogP contribution in [0.5, 0.6) is 5.75 Å². The molecule has 0 radical (unpaired) electrons. The molecule has 0 spiro atoms. The van der Waals surface area contributed by atoms with Crippen LogP contribution in [0.4, 0.5) is 5.69 Å². The van der Waals surface area contributed by atoms with Crippen LogP contribution in [0.25, 0.3) is 0 Å². The van der Waals surface area contributed by atoms with E-state index in [2.05, 4.69) is 52.9 Å². The molecule has 0 saturated carbocycles. The van der Waals surface area contributed by atoms with Crippen molar-refractivity contribution in [2.24, 2.45) is 0 Å². The molecule has 0 N–H and O–H groups in total. The molecule has 1 aromatic carbocycles. The Kier molecular flexibility index (Phi) is 5.21. The summed E-state index contributed by atoms with van der Waals surface area (Å²) in [5, 5.41) is 0. The quantitative estimate of drug-likeness (QED) is 0.849. The second-order valence-corrected chi connectivity index (χ2v) is 6.46. The number of anilines is 1. The first-order valence-electron chi connectivity index (χ1n) is 8.67. The second kappa shape index (κ2) is 7.34. The van der Waals surface area contributed by atoms with Crippen molar-refractivity contribution in [1.29, 1.82) is 0 Å². The van der Waals surface area contributed by atoms with Gasteiger partial charge in [0.25, 0.3) is 0 Å². The number of ether oxygens (including phenoxy) is 1. The van der Waals surface area contributed by atoms with E-state index in [1.165, 1.54) is 44.7 Å². The topological polar surface area (TPSA) is 19.0 Å². The minimum atomic E-state index is 0.731. The molecule has 22 heavy (non-hydrogen) atoms. The van der Waals surface area contributed by atoms with Crippen LogP contribution in [0.2, 0.25) is 0 Å². The zero-order valence-electron chi connectivity index (χ0n) is 14.0. The van der Waals surface area contributed by atoms with E-state index >= 15 is 0 Å². The smallest absolute Gasteiger partial charge is 0.142 e. The normalized spacial score (nSPS) is 22.0. The number of para-hydroxylation sites is 2. The zero-order chi connectivity index (χ0) is 15.4. The summed E-state index contributed by atoms with van der Waals surface area (Å²) >= 11 is 0. The molecule has 4 nitrogen and oxygen atoms in total. The van der Waals surface area contributed by atoms with Crippen molar-refractivity contribution in [1.82, 2.24) is 9.80 Å². The molecule has 2 aliphatic heterocycles. The lowest BCUT2D eigenvalue weighted by Gasteiger charge is -2.42. The van der Waals surface area contributed by atoms with Gasteiger partial charge in [0.05, 0.1) is 12.3 Å². The minimum Gasteiger partial charge on any atom is -0.492 e. The van der Waals surface area contributed by atoms with E-state index in [9.17, 15) is 0 Å². The fraction of sp³-hybridized carbons (Fsp3) is 0.667. The molecule has 2 fully saturated rings. The van der Waals surface area contributed by atoms with Crippen molar-refractivity contribution in [2.45, 2.75) is 25.8 Å². The predicted molar refractivity (Wildman–Crippen MR) is 91.9 cm³/mol. The Morgan fingerprint density at radius 3 is 2.36 bits per heavy atom. The summed E-state index contributed by atoms with van der Waals surface area (Å²) in [4.78, 5) is 7.63. The molecular formula is C18H29N3O. The highest BCUT2D eigenvalue weighted by atomic mass is 16.5. The molecule has 4 heteroatoms. The highest BCUT2D eigenvalue weighted by molar-refractivity contribution is 5.58. The van der Waals surface area contributed by atoms with Gasteiger partial charge >= 0.3 is 0 Å². The summed E-state index contributed by atoms with van der Waals surface area (Å²) in [6.45, 7) is 9.96. The van der Waals surface area contributed by atoms with Crippen molar-refractivity contribution in [3.63, 3.8) is 0 Å². The van der Waals surface area contributed by atoms with Gasteiger partial charge in [-0.1, -0.05) is 12.1 Å². The predicted octanol–water partition coefficient (Wildman–Crippen LogP) is 2.30. The van der Waals surface area contributed by atoms with Gasteiger partial charge < -0.3 is 14.5 Å². The summed E-state index contributed by atoms with van der Waals surface area (Å²) in [5.41, 5.74) is 1.26. The summed E-state index contributed by atoms with van der Waals surface area (Å²) in [7, 11) is 2.23. The fourth-order valence-electron chi connectivity index (χ4n) is 3.65. The Bertz CT molecular complexity index is 463. The molecule has 0 atom stereocenters. The molecule has 0 aromatic heterocycles. The van der Waals surface area contributed by atoms with Crippen molar-refractivity contribution in [3.8, 4) is 5.75 Å². The monoisotopic (exact) mass is 303 g/mol. The highest BCUT2D eigenvalue weighted by Gasteiger charge is 2.27. The summed E-state index contributed by atoms with van der Waals surface area (Å²) in [6.07, 6.45) is 2.54. The van der Waals surface area contributed by atoms with Crippen LogP contribution in [0.1, 0.15) is 19.8 Å². The average Bonchev–Trinajstić information content (AvgIpc) is 2.57. The largest absolute Gasteiger partial charge is 0.492 e. The molecule has 2 aliphatic rings. The first kappa shape index (κ1) is 15.6. The number of nitrogens with zero attached hydrogens (tertiary/aromatic N) is 3. The van der Waals surface area contributed by atoms with E-state index < -0.39 is 0 Å². The van der Waals surface area contributed by atoms with Gasteiger partial charge in [-0.2, -0.15) is 0 Å². The van der Waals surface area contributed by atoms with Gasteiger partial charge in [-0.05, 0) is 38.9 Å². The third-order valence-electron chi connectivity index (χ3n) is 5.02. The molecule has 0 amide bonds. The Hall–Kier alpha value is -1.26. The van der Waals surface area contributed by atoms with E-state index in [-0.39, 0.29) is 0 Å². The maximum atomic E-state index is 5.79. The molecule has 122 valence electrons. The van der Waals surface area contributed by atoms with Crippen LogP contribution in [-0.2, 0) is 0 Å². The summed E-state index contributed by atoms with van der Waals surface area (Å²) in [5.74, 6) is 1.03. The number of rotatable bonds is 4. The number of piperidine rings is 1. The van der Waals surface area contributed by atoms with Crippen LogP contribution in [0, 0.1) is 0 Å². The van der Waals surface area contributed by atoms with Crippen LogP contribution < -0.4 is 9.64 Å². The maximum Gasteiger partial charge on any atom is 0.142 e. The Morgan fingerprint density at radius 2 is 1.68 bits per heavy atom. The molecule has 2 heterocycles. The number of hydrogen-bond donors (Lipinski definition) is 0. The van der Waals surface area contributed by atoms with Crippen LogP contribution >= 0.6 is 0 Å². The molecule has 1 aromatic rings. The number of benzene rings is 1. The molecule has 0 bridgehead atoms. The van der Waals surface area contributed by atoms with Gasteiger partial charge in [-0.15, -0.1) is 0 Å². The van der Waals surface area contributed by atoms with Crippen molar-refractivity contribution < 1.29 is 4.74 Å². The standard InChI is InChI=1S/C18H29N3O/c1-3-22-18-7-5-4-6-17(18)21-10-8-16(9-11-21)20-14-12-19(2)13-15-20/h4-7,16H,3,8-15H2,1-2H3. The SMILES string of the molecule is CCOc1ccccc1N1CCC(N2CCN(C)CC2)CC1. The van der Waals surface area contributed by atoms with Crippen molar-refractivity contribution >= 4 is 5.69 Å². The molecule has 2 saturated heterocycles. The van der Waals surface area contributed by atoms with E-state index in [0.29, 0.717) is 0 Å². The van der Waals surface area contributed by atoms with Gasteiger partial charge in [0.15, 0.2) is 0 Å². The number of hydrogen-bond acceptors (Lipinski definition) is 4. The minimum absolute atomic E-state index is 0.731. The van der Waals surface area contributed by atoms with Gasteiger partial charge in [0.2, 0.25) is 0 Å². The first-order valence-corrected chi connectivity index (χ1v) is 8.67. The number of likely N-dealkylation sites (N-methyl/N-ethyl adjacent to an activating group) is 1. The lowest BCUT2D eigenvalue weighted by atomic mass is 10.0. The molecule has 0 unspecified atom stereocenters. The molecular weight excluding hydrogens is 274 g/mol. The Morgan fingerprint density at radius 1 is 1.00 bits per heavy atom. The summed E-state index contributed by atoms with van der Waals surface area (Å²) in [6, 6.07) is 9.23. The number of piperazine rings is 1. The lowest BCUT2D eigenvalue weighted by Crippen LogP contribution is -2.52. The van der Waals surface area contributed by atoms with E-state index in [1.807, 2.05) is 0 Å². The average molecular weight is 303 g/mol. The third-order valence-corrected chi connectivity index (χ3v) is 5.02.